The van der Waals surface area contributed by atoms with Crippen molar-refractivity contribution in [2.75, 3.05) is 0 Å². The van der Waals surface area contributed by atoms with Gasteiger partial charge in [-0.15, -0.1) is 0 Å². The molecular weight excluding hydrogens is 292 g/mol. The van der Waals surface area contributed by atoms with E-state index in [-0.39, 0.29) is 11.9 Å². The van der Waals surface area contributed by atoms with Crippen LogP contribution in [0.2, 0.25) is 0 Å². The minimum Gasteiger partial charge on any atom is -0.458 e. The Bertz CT molecular complexity index is 564. The van der Waals surface area contributed by atoms with Crippen molar-refractivity contribution in [1.82, 2.24) is 0 Å². The minimum atomic E-state index is -0.448. The van der Waals surface area contributed by atoms with Crippen molar-refractivity contribution < 1.29 is 19.1 Å². The van der Waals surface area contributed by atoms with E-state index in [0.717, 1.165) is 12.8 Å². The number of ether oxygens (including phenoxy) is 2. The van der Waals surface area contributed by atoms with Crippen LogP contribution in [0.25, 0.3) is 0 Å². The molecule has 4 nitrogen and oxygen atoms in total. The van der Waals surface area contributed by atoms with Crippen molar-refractivity contribution in [3.63, 3.8) is 0 Å². The molecule has 1 aliphatic carbocycles. The van der Waals surface area contributed by atoms with Gasteiger partial charge in [-0.25, -0.2) is 4.79 Å². The summed E-state index contributed by atoms with van der Waals surface area (Å²) < 4.78 is 10.9. The molecular formula is C19H26O4. The summed E-state index contributed by atoms with van der Waals surface area (Å²) in [7, 11) is 0. The van der Waals surface area contributed by atoms with Crippen LogP contribution < -0.4 is 4.74 Å². The standard InChI is InChI=1S/C19H26O4/c1-12(2)15-10-9-13(3)11-18(15)23-19(21)16-7-5-6-8-17(16)22-14(4)20/h5-8,12-13,15,18H,9-11H2,1-4H3/t13-,15+,18+/m0/s1. The van der Waals surface area contributed by atoms with Crippen LogP contribution in [-0.4, -0.2) is 18.0 Å². The van der Waals surface area contributed by atoms with Crippen LogP contribution in [0.5, 0.6) is 5.75 Å². The van der Waals surface area contributed by atoms with E-state index in [4.69, 9.17) is 9.47 Å². The first kappa shape index (κ1) is 17.5. The van der Waals surface area contributed by atoms with E-state index in [1.807, 2.05) is 0 Å². The smallest absolute Gasteiger partial charge is 0.342 e. The molecule has 3 atom stereocenters. The molecule has 0 radical (unpaired) electrons. The third-order valence-electron chi connectivity index (χ3n) is 4.58. The first-order valence-electron chi connectivity index (χ1n) is 8.37. The maximum Gasteiger partial charge on any atom is 0.342 e. The van der Waals surface area contributed by atoms with Gasteiger partial charge in [-0.3, -0.25) is 4.79 Å². The SMILES string of the molecule is CC(=O)Oc1ccccc1C(=O)O[C@@H]1C[C@@H](C)CC[C@@H]1C(C)C. The lowest BCUT2D eigenvalue weighted by Crippen LogP contribution is -2.36. The number of esters is 2. The molecule has 1 aromatic rings. The monoisotopic (exact) mass is 318 g/mol. The van der Waals surface area contributed by atoms with Crippen LogP contribution in [0.3, 0.4) is 0 Å². The van der Waals surface area contributed by atoms with Crippen LogP contribution >= 0.6 is 0 Å². The molecule has 0 aliphatic heterocycles. The van der Waals surface area contributed by atoms with Gasteiger partial charge in [-0.2, -0.15) is 0 Å². The summed E-state index contributed by atoms with van der Waals surface area (Å²) in [5.74, 6) is 0.824. The highest BCUT2D eigenvalue weighted by molar-refractivity contribution is 5.93. The topological polar surface area (TPSA) is 52.6 Å². The molecule has 1 aromatic carbocycles. The molecule has 1 saturated carbocycles. The Hall–Kier alpha value is -1.84. The van der Waals surface area contributed by atoms with Gasteiger partial charge in [0.2, 0.25) is 0 Å². The van der Waals surface area contributed by atoms with Crippen LogP contribution in [-0.2, 0) is 9.53 Å². The van der Waals surface area contributed by atoms with Crippen LogP contribution in [0.4, 0.5) is 0 Å². The molecule has 23 heavy (non-hydrogen) atoms. The molecule has 0 N–H and O–H groups in total. The van der Waals surface area contributed by atoms with E-state index in [0.29, 0.717) is 23.3 Å². The van der Waals surface area contributed by atoms with Gasteiger partial charge in [0.05, 0.1) is 0 Å². The normalized spacial score (nSPS) is 24.3. The van der Waals surface area contributed by atoms with E-state index in [2.05, 4.69) is 20.8 Å². The average Bonchev–Trinajstić information content (AvgIpc) is 2.46. The van der Waals surface area contributed by atoms with Gasteiger partial charge in [0.25, 0.3) is 0 Å². The Kier molecular flexibility index (Phi) is 5.80. The Balaban J connectivity index is 2.15. The fourth-order valence-electron chi connectivity index (χ4n) is 3.33. The number of hydrogen-bond acceptors (Lipinski definition) is 4. The molecule has 0 saturated heterocycles. The molecule has 0 aromatic heterocycles. The van der Waals surface area contributed by atoms with Crippen molar-refractivity contribution in [3.05, 3.63) is 29.8 Å². The molecule has 0 spiro atoms. The highest BCUT2D eigenvalue weighted by atomic mass is 16.6. The lowest BCUT2D eigenvalue weighted by atomic mass is 9.75. The molecule has 4 heteroatoms. The fraction of sp³-hybridized carbons (Fsp3) is 0.579. The van der Waals surface area contributed by atoms with Crippen LogP contribution in [0, 0.1) is 17.8 Å². The van der Waals surface area contributed by atoms with Crippen molar-refractivity contribution >= 4 is 11.9 Å². The number of hydrogen-bond donors (Lipinski definition) is 0. The largest absolute Gasteiger partial charge is 0.458 e. The number of benzene rings is 1. The van der Waals surface area contributed by atoms with Crippen LogP contribution in [0.15, 0.2) is 24.3 Å². The summed E-state index contributed by atoms with van der Waals surface area (Å²) in [5, 5.41) is 0. The maximum absolute atomic E-state index is 12.6. The predicted octanol–water partition coefficient (Wildman–Crippen LogP) is 4.23. The quantitative estimate of drug-likeness (QED) is 0.616. The van der Waals surface area contributed by atoms with E-state index < -0.39 is 11.9 Å². The minimum absolute atomic E-state index is 0.0726. The molecule has 126 valence electrons. The molecule has 1 fully saturated rings. The second-order valence-corrected chi connectivity index (χ2v) is 6.86. The highest BCUT2D eigenvalue weighted by Crippen LogP contribution is 2.36. The van der Waals surface area contributed by atoms with Gasteiger partial charge >= 0.3 is 11.9 Å². The lowest BCUT2D eigenvalue weighted by molar-refractivity contribution is -0.131. The predicted molar refractivity (Wildman–Crippen MR) is 88.3 cm³/mol. The van der Waals surface area contributed by atoms with Gasteiger partial charge in [0, 0.05) is 6.92 Å². The van der Waals surface area contributed by atoms with Crippen molar-refractivity contribution in [2.45, 2.75) is 53.1 Å². The Morgan fingerprint density at radius 3 is 2.52 bits per heavy atom. The second kappa shape index (κ2) is 7.62. The number of rotatable bonds is 4. The molecule has 2 rings (SSSR count). The molecule has 0 amide bonds. The van der Waals surface area contributed by atoms with E-state index in [9.17, 15) is 9.59 Å². The third kappa shape index (κ3) is 4.57. The maximum atomic E-state index is 12.6. The zero-order valence-electron chi connectivity index (χ0n) is 14.4. The van der Waals surface area contributed by atoms with Gasteiger partial charge in [0.15, 0.2) is 0 Å². The van der Waals surface area contributed by atoms with Crippen molar-refractivity contribution in [3.8, 4) is 5.75 Å². The van der Waals surface area contributed by atoms with Crippen molar-refractivity contribution in [1.29, 1.82) is 0 Å². The fourth-order valence-corrected chi connectivity index (χ4v) is 3.33. The highest BCUT2D eigenvalue weighted by Gasteiger charge is 2.34. The Morgan fingerprint density at radius 1 is 1.17 bits per heavy atom. The van der Waals surface area contributed by atoms with E-state index in [1.165, 1.54) is 13.3 Å². The molecule has 0 heterocycles. The van der Waals surface area contributed by atoms with E-state index >= 15 is 0 Å². The van der Waals surface area contributed by atoms with Gasteiger partial charge in [0.1, 0.15) is 17.4 Å². The summed E-state index contributed by atoms with van der Waals surface area (Å²) in [6, 6.07) is 6.72. The number of carbonyl (C=O) groups is 2. The summed E-state index contributed by atoms with van der Waals surface area (Å²) in [5.41, 5.74) is 0.309. The summed E-state index contributed by atoms with van der Waals surface area (Å²) in [6.45, 7) is 7.87. The van der Waals surface area contributed by atoms with Crippen LogP contribution in [0.1, 0.15) is 57.3 Å². The zero-order valence-corrected chi connectivity index (χ0v) is 14.4. The summed E-state index contributed by atoms with van der Waals surface area (Å²) in [4.78, 5) is 23.8. The Labute approximate surface area is 138 Å². The number of para-hydroxylation sites is 1. The molecule has 0 unspecified atom stereocenters. The zero-order chi connectivity index (χ0) is 17.0. The third-order valence-corrected chi connectivity index (χ3v) is 4.58. The van der Waals surface area contributed by atoms with E-state index in [1.54, 1.807) is 24.3 Å². The molecule has 1 aliphatic rings. The summed E-state index contributed by atoms with van der Waals surface area (Å²) >= 11 is 0. The van der Waals surface area contributed by atoms with Gasteiger partial charge in [-0.1, -0.05) is 39.3 Å². The van der Waals surface area contributed by atoms with Gasteiger partial charge < -0.3 is 9.47 Å². The first-order valence-corrected chi connectivity index (χ1v) is 8.37. The summed E-state index contributed by atoms with van der Waals surface area (Å²) in [6.07, 6.45) is 3.09. The van der Waals surface area contributed by atoms with Gasteiger partial charge in [-0.05, 0) is 42.7 Å². The first-order chi connectivity index (χ1) is 10.9. The Morgan fingerprint density at radius 2 is 1.87 bits per heavy atom. The average molecular weight is 318 g/mol. The lowest BCUT2D eigenvalue weighted by Gasteiger charge is -2.36. The molecule has 0 bridgehead atoms. The number of carbonyl (C=O) groups excluding carboxylic acids is 2. The van der Waals surface area contributed by atoms with Crippen molar-refractivity contribution in [2.24, 2.45) is 17.8 Å². The second-order valence-electron chi connectivity index (χ2n) is 6.86.